The molecule has 1 unspecified atom stereocenters. The SMILES string of the molecule is Cn1c(CN2CCOCC2c2ncc(-c3ccc(Cl)cc3)[nH]2)nc2ccccc21. The molecule has 5 rings (SSSR count). The highest BCUT2D eigenvalue weighted by Gasteiger charge is 2.28. The van der Waals surface area contributed by atoms with Crippen LogP contribution in [0.5, 0.6) is 0 Å². The van der Waals surface area contributed by atoms with Crippen molar-refractivity contribution < 1.29 is 4.74 Å². The fraction of sp³-hybridized carbons (Fsp3) is 0.273. The van der Waals surface area contributed by atoms with Crippen LogP contribution >= 0.6 is 11.6 Å². The second kappa shape index (κ2) is 7.63. The van der Waals surface area contributed by atoms with Gasteiger partial charge in [-0.05, 0) is 29.8 Å². The van der Waals surface area contributed by atoms with E-state index in [0.29, 0.717) is 13.2 Å². The number of nitrogens with zero attached hydrogens (tertiary/aromatic N) is 4. The number of para-hydroxylation sites is 2. The lowest BCUT2D eigenvalue weighted by Crippen LogP contribution is -2.40. The van der Waals surface area contributed by atoms with Gasteiger partial charge in [0.05, 0.1) is 48.7 Å². The molecule has 0 bridgehead atoms. The zero-order valence-electron chi connectivity index (χ0n) is 16.2. The maximum absolute atomic E-state index is 6.01. The molecule has 7 heteroatoms. The number of imidazole rings is 2. The lowest BCUT2D eigenvalue weighted by atomic mass is 10.2. The first-order chi connectivity index (χ1) is 14.2. The van der Waals surface area contributed by atoms with Crippen molar-refractivity contribution >= 4 is 22.6 Å². The Bertz CT molecular complexity index is 1130. The van der Waals surface area contributed by atoms with Crippen molar-refractivity contribution in [1.82, 2.24) is 24.4 Å². The smallest absolute Gasteiger partial charge is 0.126 e. The molecule has 2 aromatic heterocycles. The van der Waals surface area contributed by atoms with E-state index in [9.17, 15) is 0 Å². The molecular formula is C22H22ClN5O. The molecule has 6 nitrogen and oxygen atoms in total. The van der Waals surface area contributed by atoms with Gasteiger partial charge in [-0.15, -0.1) is 0 Å². The topological polar surface area (TPSA) is 59.0 Å². The Hall–Kier alpha value is -2.67. The number of morpholine rings is 1. The summed E-state index contributed by atoms with van der Waals surface area (Å²) < 4.78 is 7.95. The predicted molar refractivity (Wildman–Crippen MR) is 114 cm³/mol. The van der Waals surface area contributed by atoms with E-state index >= 15 is 0 Å². The maximum Gasteiger partial charge on any atom is 0.126 e. The van der Waals surface area contributed by atoms with Crippen LogP contribution in [0.25, 0.3) is 22.3 Å². The number of aromatic amines is 1. The Balaban J connectivity index is 1.41. The number of ether oxygens (including phenoxy) is 1. The maximum atomic E-state index is 6.01. The summed E-state index contributed by atoms with van der Waals surface area (Å²) in [5, 5.41) is 0.725. The summed E-state index contributed by atoms with van der Waals surface area (Å²) in [6.45, 7) is 2.91. The molecule has 0 amide bonds. The summed E-state index contributed by atoms with van der Waals surface area (Å²) in [6.07, 6.45) is 1.88. The minimum absolute atomic E-state index is 0.0598. The van der Waals surface area contributed by atoms with Gasteiger partial charge < -0.3 is 14.3 Å². The zero-order chi connectivity index (χ0) is 19.8. The number of hydrogen-bond donors (Lipinski definition) is 1. The normalized spacial score (nSPS) is 17.8. The number of nitrogens with one attached hydrogen (secondary N) is 1. The second-order valence-corrected chi connectivity index (χ2v) is 7.76. The molecule has 1 saturated heterocycles. The first-order valence-corrected chi connectivity index (χ1v) is 10.1. The average molecular weight is 408 g/mol. The molecule has 1 N–H and O–H groups in total. The lowest BCUT2D eigenvalue weighted by molar-refractivity contribution is -0.0170. The van der Waals surface area contributed by atoms with Crippen molar-refractivity contribution in [2.45, 2.75) is 12.6 Å². The molecule has 1 aliphatic heterocycles. The van der Waals surface area contributed by atoms with Gasteiger partial charge in [-0.25, -0.2) is 9.97 Å². The molecule has 148 valence electrons. The minimum atomic E-state index is 0.0598. The Morgan fingerprint density at radius 3 is 2.83 bits per heavy atom. The summed E-state index contributed by atoms with van der Waals surface area (Å²) in [7, 11) is 2.08. The van der Waals surface area contributed by atoms with E-state index in [1.165, 1.54) is 0 Å². The summed E-state index contributed by atoms with van der Waals surface area (Å²) in [4.78, 5) is 15.3. The minimum Gasteiger partial charge on any atom is -0.378 e. The van der Waals surface area contributed by atoms with Gasteiger partial charge in [-0.1, -0.05) is 35.9 Å². The third-order valence-electron chi connectivity index (χ3n) is 5.53. The molecule has 0 aliphatic carbocycles. The van der Waals surface area contributed by atoms with Crippen LogP contribution in [0, 0.1) is 0 Å². The first kappa shape index (κ1) is 18.4. The van der Waals surface area contributed by atoms with E-state index in [-0.39, 0.29) is 6.04 Å². The Morgan fingerprint density at radius 1 is 1.17 bits per heavy atom. The molecule has 1 atom stereocenters. The molecule has 0 saturated carbocycles. The van der Waals surface area contributed by atoms with Crippen molar-refractivity contribution in [3.8, 4) is 11.3 Å². The monoisotopic (exact) mass is 407 g/mol. The van der Waals surface area contributed by atoms with Gasteiger partial charge in [0.1, 0.15) is 11.6 Å². The van der Waals surface area contributed by atoms with Gasteiger partial charge in [-0.2, -0.15) is 0 Å². The quantitative estimate of drug-likeness (QED) is 0.551. The van der Waals surface area contributed by atoms with E-state index < -0.39 is 0 Å². The Labute approximate surface area is 174 Å². The largest absolute Gasteiger partial charge is 0.378 e. The summed E-state index contributed by atoms with van der Waals surface area (Å²) in [5.74, 6) is 1.95. The number of benzene rings is 2. The van der Waals surface area contributed by atoms with Crippen LogP contribution in [-0.2, 0) is 18.3 Å². The van der Waals surface area contributed by atoms with Crippen molar-refractivity contribution in [3.63, 3.8) is 0 Å². The Kier molecular flexibility index (Phi) is 4.83. The number of aromatic nitrogens is 4. The van der Waals surface area contributed by atoms with Crippen LogP contribution in [0.3, 0.4) is 0 Å². The molecule has 1 aliphatic rings. The van der Waals surface area contributed by atoms with Crippen LogP contribution in [-0.4, -0.2) is 44.2 Å². The second-order valence-electron chi connectivity index (χ2n) is 7.33. The molecule has 0 radical (unpaired) electrons. The van der Waals surface area contributed by atoms with E-state index in [0.717, 1.165) is 52.1 Å². The molecule has 4 aromatic rings. The summed E-state index contributed by atoms with van der Waals surface area (Å²) >= 11 is 6.01. The van der Waals surface area contributed by atoms with Gasteiger partial charge in [0.2, 0.25) is 0 Å². The number of rotatable bonds is 4. The lowest BCUT2D eigenvalue weighted by Gasteiger charge is -2.34. The fourth-order valence-corrected chi connectivity index (χ4v) is 4.01. The Morgan fingerprint density at radius 2 is 2.00 bits per heavy atom. The van der Waals surface area contributed by atoms with Crippen molar-refractivity contribution in [1.29, 1.82) is 0 Å². The number of hydrogen-bond acceptors (Lipinski definition) is 4. The van der Waals surface area contributed by atoms with Gasteiger partial charge in [0.15, 0.2) is 0 Å². The van der Waals surface area contributed by atoms with Crippen molar-refractivity contribution in [2.24, 2.45) is 7.05 Å². The number of halogens is 1. The van der Waals surface area contributed by atoms with Crippen LogP contribution < -0.4 is 0 Å². The molecule has 29 heavy (non-hydrogen) atoms. The average Bonchev–Trinajstić information content (AvgIpc) is 3.35. The van der Waals surface area contributed by atoms with E-state index in [2.05, 4.69) is 38.6 Å². The third kappa shape index (κ3) is 3.55. The predicted octanol–water partition coefficient (Wildman–Crippen LogP) is 4.19. The van der Waals surface area contributed by atoms with Crippen LogP contribution in [0.15, 0.2) is 54.7 Å². The van der Waals surface area contributed by atoms with Gasteiger partial charge >= 0.3 is 0 Å². The van der Waals surface area contributed by atoms with Crippen LogP contribution in [0.1, 0.15) is 17.7 Å². The van der Waals surface area contributed by atoms with Crippen LogP contribution in [0.2, 0.25) is 5.02 Å². The zero-order valence-corrected chi connectivity index (χ0v) is 16.9. The highest BCUT2D eigenvalue weighted by atomic mass is 35.5. The number of H-pyrrole nitrogens is 1. The van der Waals surface area contributed by atoms with Crippen molar-refractivity contribution in [2.75, 3.05) is 19.8 Å². The van der Waals surface area contributed by atoms with Crippen LogP contribution in [0.4, 0.5) is 0 Å². The molecule has 3 heterocycles. The number of fused-ring (bicyclic) bond motifs is 1. The van der Waals surface area contributed by atoms with Gasteiger partial charge in [0.25, 0.3) is 0 Å². The highest BCUT2D eigenvalue weighted by Crippen LogP contribution is 2.27. The highest BCUT2D eigenvalue weighted by molar-refractivity contribution is 6.30. The van der Waals surface area contributed by atoms with Gasteiger partial charge in [0, 0.05) is 18.6 Å². The fourth-order valence-electron chi connectivity index (χ4n) is 3.88. The van der Waals surface area contributed by atoms with E-state index in [4.69, 9.17) is 21.3 Å². The van der Waals surface area contributed by atoms with E-state index in [1.54, 1.807) is 0 Å². The molecule has 2 aromatic carbocycles. The molecule has 0 spiro atoms. The molecule has 1 fully saturated rings. The summed E-state index contributed by atoms with van der Waals surface area (Å²) in [5.41, 5.74) is 4.21. The van der Waals surface area contributed by atoms with E-state index in [1.807, 2.05) is 42.6 Å². The standard InChI is InChI=1S/C22H22ClN5O/c1-27-19-5-3-2-4-17(19)25-21(27)13-28-10-11-29-14-20(28)22-24-12-18(26-22)15-6-8-16(23)9-7-15/h2-9,12,20H,10-11,13-14H2,1H3,(H,24,26). The first-order valence-electron chi connectivity index (χ1n) is 9.72. The van der Waals surface area contributed by atoms with Gasteiger partial charge in [-0.3, -0.25) is 4.90 Å². The third-order valence-corrected chi connectivity index (χ3v) is 5.78. The summed E-state index contributed by atoms with van der Waals surface area (Å²) in [6, 6.07) is 16.1. The number of aryl methyl sites for hydroxylation is 1. The molecular weight excluding hydrogens is 386 g/mol. The van der Waals surface area contributed by atoms with Crippen molar-refractivity contribution in [3.05, 3.63) is 71.4 Å².